The number of hydrogen-bond donors (Lipinski definition) is 0. The first-order valence-corrected chi connectivity index (χ1v) is 5.92. The van der Waals surface area contributed by atoms with Gasteiger partial charge >= 0.3 is 0 Å². The zero-order valence-corrected chi connectivity index (χ0v) is 11.2. The second kappa shape index (κ2) is 7.91. The topological polar surface area (TPSA) is 24.7 Å². The fourth-order valence-corrected chi connectivity index (χ4v) is 1.01. The molecule has 0 spiro atoms. The summed E-state index contributed by atoms with van der Waals surface area (Å²) in [5.41, 5.74) is 0.962. The van der Waals surface area contributed by atoms with Gasteiger partial charge in [0.2, 0.25) is 0 Å². The minimum Gasteiger partial charge on any atom is -0.242 e. The van der Waals surface area contributed by atoms with Gasteiger partial charge in [-0.1, -0.05) is 42.2 Å². The van der Waals surface area contributed by atoms with Crippen molar-refractivity contribution in [3.8, 4) is 0 Å². The highest BCUT2D eigenvalue weighted by atomic mass is 127. The Morgan fingerprint density at radius 3 is 2.64 bits per heavy atom. The highest BCUT2D eigenvalue weighted by Crippen LogP contribution is 2.12. The van der Waals surface area contributed by atoms with Crippen LogP contribution in [-0.4, -0.2) is 16.0 Å². The van der Waals surface area contributed by atoms with Crippen molar-refractivity contribution in [1.29, 1.82) is 0 Å². The molecule has 0 aromatic heterocycles. The van der Waals surface area contributed by atoms with Crippen molar-refractivity contribution in [3.05, 3.63) is 24.4 Å². The molecule has 0 aromatic carbocycles. The maximum absolute atomic E-state index is 4.26. The number of allylic oxidation sites excluding steroid dienone is 1. The van der Waals surface area contributed by atoms with E-state index in [1.807, 2.05) is 13.0 Å². The molecule has 0 aliphatic heterocycles. The Kier molecular flexibility index (Phi) is 7.65. The normalized spacial score (nSPS) is 15.3. The molecule has 1 atom stereocenters. The second-order valence-corrected chi connectivity index (χ2v) is 4.64. The van der Waals surface area contributed by atoms with Crippen molar-refractivity contribution in [2.75, 3.05) is 0 Å². The van der Waals surface area contributed by atoms with Crippen LogP contribution in [0.4, 0.5) is 0 Å². The molecule has 2 nitrogen and oxygen atoms in total. The van der Waals surface area contributed by atoms with Crippen LogP contribution in [0.1, 0.15) is 27.2 Å². The predicted octanol–water partition coefficient (Wildman–Crippen LogP) is 3.78. The van der Waals surface area contributed by atoms with Crippen LogP contribution in [0.3, 0.4) is 0 Å². The standard InChI is InChI=1S/C11H17IN2/c1-5-7-8-14-11(13-6-2)9(3)10(4)12/h6-8,10H,3,5H2,1-2,4H3/b8-7-,13-6?,14-11?. The van der Waals surface area contributed by atoms with Gasteiger partial charge in [-0.3, -0.25) is 0 Å². The SMILES string of the molecule is C=C(C(N=CC)=N/C=C\CC)C(C)I. The Balaban J connectivity index is 4.67. The van der Waals surface area contributed by atoms with Crippen LogP contribution in [0.2, 0.25) is 0 Å². The van der Waals surface area contributed by atoms with Crippen molar-refractivity contribution in [2.45, 2.75) is 31.1 Å². The number of alkyl halides is 1. The smallest absolute Gasteiger partial charge is 0.155 e. The third kappa shape index (κ3) is 5.32. The second-order valence-electron chi connectivity index (χ2n) is 2.77. The van der Waals surface area contributed by atoms with Gasteiger partial charge in [-0.15, -0.1) is 0 Å². The number of rotatable bonds is 4. The summed E-state index contributed by atoms with van der Waals surface area (Å²) >= 11 is 2.31. The molecule has 14 heavy (non-hydrogen) atoms. The minimum absolute atomic E-state index is 0.352. The molecule has 0 rings (SSSR count). The van der Waals surface area contributed by atoms with Gasteiger partial charge in [0, 0.05) is 21.9 Å². The van der Waals surface area contributed by atoms with E-state index in [0.29, 0.717) is 3.92 Å². The largest absolute Gasteiger partial charge is 0.242 e. The van der Waals surface area contributed by atoms with Gasteiger partial charge in [-0.25, -0.2) is 9.98 Å². The van der Waals surface area contributed by atoms with E-state index in [-0.39, 0.29) is 0 Å². The van der Waals surface area contributed by atoms with Gasteiger partial charge < -0.3 is 0 Å². The first-order valence-electron chi connectivity index (χ1n) is 4.68. The number of amidine groups is 1. The Morgan fingerprint density at radius 1 is 1.57 bits per heavy atom. The maximum Gasteiger partial charge on any atom is 0.155 e. The van der Waals surface area contributed by atoms with Crippen molar-refractivity contribution < 1.29 is 0 Å². The van der Waals surface area contributed by atoms with E-state index < -0.39 is 0 Å². The highest BCUT2D eigenvalue weighted by Gasteiger charge is 2.07. The number of halogens is 1. The van der Waals surface area contributed by atoms with Crippen LogP contribution in [0.5, 0.6) is 0 Å². The lowest BCUT2D eigenvalue weighted by Gasteiger charge is -2.05. The van der Waals surface area contributed by atoms with Crippen LogP contribution < -0.4 is 0 Å². The molecular formula is C11H17IN2. The molecule has 0 aromatic rings. The van der Waals surface area contributed by atoms with Crippen molar-refractivity contribution in [2.24, 2.45) is 9.98 Å². The van der Waals surface area contributed by atoms with E-state index in [1.54, 1.807) is 12.4 Å². The van der Waals surface area contributed by atoms with Crippen LogP contribution >= 0.6 is 22.6 Å². The van der Waals surface area contributed by atoms with Gasteiger partial charge in [-0.05, 0) is 20.3 Å². The molecule has 0 amide bonds. The lowest BCUT2D eigenvalue weighted by Crippen LogP contribution is -2.06. The molecule has 0 aliphatic rings. The molecule has 0 heterocycles. The first-order chi connectivity index (χ1) is 6.63. The Labute approximate surface area is 100 Å². The van der Waals surface area contributed by atoms with E-state index in [0.717, 1.165) is 17.8 Å². The van der Waals surface area contributed by atoms with E-state index in [2.05, 4.69) is 53.0 Å². The molecule has 1 unspecified atom stereocenters. The number of hydrogen-bond acceptors (Lipinski definition) is 1. The molecule has 0 bridgehead atoms. The van der Waals surface area contributed by atoms with Crippen LogP contribution in [0.25, 0.3) is 0 Å². The summed E-state index contributed by atoms with van der Waals surface area (Å²) < 4.78 is 0.352. The fourth-order valence-electron chi connectivity index (χ4n) is 0.728. The zero-order chi connectivity index (χ0) is 11.0. The summed E-state index contributed by atoms with van der Waals surface area (Å²) in [5, 5.41) is 0. The highest BCUT2D eigenvalue weighted by molar-refractivity contribution is 14.1. The van der Waals surface area contributed by atoms with E-state index in [4.69, 9.17) is 0 Å². The van der Waals surface area contributed by atoms with Gasteiger partial charge in [0.25, 0.3) is 0 Å². The molecule has 0 radical (unpaired) electrons. The van der Waals surface area contributed by atoms with Crippen LogP contribution in [-0.2, 0) is 0 Å². The molecule has 0 aliphatic carbocycles. The monoisotopic (exact) mass is 304 g/mol. The fraction of sp³-hybridized carbons (Fsp3) is 0.455. The quantitative estimate of drug-likeness (QED) is 0.327. The molecule has 0 saturated heterocycles. The Hall–Kier alpha value is -0.450. The van der Waals surface area contributed by atoms with Crippen molar-refractivity contribution in [1.82, 2.24) is 0 Å². The summed E-state index contributed by atoms with van der Waals surface area (Å²) in [6, 6.07) is 0. The average molecular weight is 304 g/mol. The van der Waals surface area contributed by atoms with Crippen LogP contribution in [0, 0.1) is 0 Å². The minimum atomic E-state index is 0.352. The molecule has 78 valence electrons. The molecule has 0 saturated carbocycles. The van der Waals surface area contributed by atoms with E-state index >= 15 is 0 Å². The Bertz CT molecular complexity index is 262. The van der Waals surface area contributed by atoms with Gasteiger partial charge in [0.15, 0.2) is 5.84 Å². The number of nitrogens with zero attached hydrogens (tertiary/aromatic N) is 2. The average Bonchev–Trinajstić information content (AvgIpc) is 2.15. The third-order valence-corrected chi connectivity index (χ3v) is 2.31. The lowest BCUT2D eigenvalue weighted by molar-refractivity contribution is 1.20. The summed E-state index contributed by atoms with van der Waals surface area (Å²) in [7, 11) is 0. The zero-order valence-electron chi connectivity index (χ0n) is 9.00. The maximum atomic E-state index is 4.26. The molecular weight excluding hydrogens is 287 g/mol. The predicted molar refractivity (Wildman–Crippen MR) is 73.7 cm³/mol. The summed E-state index contributed by atoms with van der Waals surface area (Å²) in [6.45, 7) is 10.00. The molecule has 3 heteroatoms. The van der Waals surface area contributed by atoms with E-state index in [1.165, 1.54) is 0 Å². The summed E-state index contributed by atoms with van der Waals surface area (Å²) in [4.78, 5) is 8.44. The molecule has 0 N–H and O–H groups in total. The van der Waals surface area contributed by atoms with Crippen LogP contribution in [0.15, 0.2) is 34.4 Å². The first kappa shape index (κ1) is 13.5. The third-order valence-electron chi connectivity index (χ3n) is 1.56. The van der Waals surface area contributed by atoms with Crippen molar-refractivity contribution in [3.63, 3.8) is 0 Å². The lowest BCUT2D eigenvalue weighted by atomic mass is 10.2. The van der Waals surface area contributed by atoms with Gasteiger partial charge in [0.1, 0.15) is 0 Å². The van der Waals surface area contributed by atoms with Crippen molar-refractivity contribution >= 4 is 34.6 Å². The van der Waals surface area contributed by atoms with Gasteiger partial charge in [-0.2, -0.15) is 0 Å². The van der Waals surface area contributed by atoms with Gasteiger partial charge in [0.05, 0.1) is 0 Å². The van der Waals surface area contributed by atoms with E-state index in [9.17, 15) is 0 Å². The molecule has 0 fully saturated rings. The summed E-state index contributed by atoms with van der Waals surface area (Å²) in [5.74, 6) is 0.721. The Morgan fingerprint density at radius 2 is 2.21 bits per heavy atom. The number of aliphatic imine (C=N–C) groups is 2. The summed E-state index contributed by atoms with van der Waals surface area (Å²) in [6.07, 6.45) is 6.50.